The quantitative estimate of drug-likeness (QED) is 0.404. The third-order valence-electron chi connectivity index (χ3n) is 5.95. The highest BCUT2D eigenvalue weighted by Gasteiger charge is 2.53. The topological polar surface area (TPSA) is 93.1 Å². The summed E-state index contributed by atoms with van der Waals surface area (Å²) in [5, 5.41) is 18.4. The molecule has 0 rings (SSSR count). The maximum absolute atomic E-state index is 12.3. The average Bonchev–Trinajstić information content (AvgIpc) is 2.42. The molecule has 0 amide bonds. The van der Waals surface area contributed by atoms with Gasteiger partial charge in [0.25, 0.3) is 0 Å². The molecule has 152 valence electrons. The summed E-state index contributed by atoms with van der Waals surface area (Å²) in [7, 11) is -6.46. The van der Waals surface area contributed by atoms with E-state index >= 15 is 0 Å². The zero-order valence-corrected chi connectivity index (χ0v) is 22.8. The Hall–Kier alpha value is -0.532. The first-order valence-electron chi connectivity index (χ1n) is 9.01. The molecular weight excluding hydrogens is 401 g/mol. The lowest BCUT2D eigenvalue weighted by molar-refractivity contribution is -0.136. The minimum atomic E-state index is -2.48. The SMILES string of the molecule is C[SiH2]O[Si](C)(C)C(C)(C)/C(C(=O)O)=C(\C(=O)O)C(C)(C)[Si](C)(C)O[SiH2]C. The van der Waals surface area contributed by atoms with Crippen molar-refractivity contribution in [2.45, 2.75) is 77.1 Å². The number of hydrogen-bond donors (Lipinski definition) is 2. The van der Waals surface area contributed by atoms with Gasteiger partial charge in [-0.25, -0.2) is 9.59 Å². The molecule has 0 saturated carbocycles. The highest BCUT2D eigenvalue weighted by Crippen LogP contribution is 2.53. The summed E-state index contributed by atoms with van der Waals surface area (Å²) >= 11 is 0. The fraction of sp³-hybridized carbons (Fsp3) is 0.750. The Balaban J connectivity index is 6.95. The molecule has 6 nitrogen and oxygen atoms in total. The first kappa shape index (κ1) is 25.5. The van der Waals surface area contributed by atoms with Crippen LogP contribution in [-0.2, 0) is 17.8 Å². The smallest absolute Gasteiger partial charge is 0.332 e. The second kappa shape index (κ2) is 8.65. The Morgan fingerprint density at radius 2 is 0.962 bits per heavy atom. The van der Waals surface area contributed by atoms with E-state index in [1.165, 1.54) is 0 Å². The van der Waals surface area contributed by atoms with E-state index in [0.29, 0.717) is 0 Å². The van der Waals surface area contributed by atoms with Crippen LogP contribution in [0.1, 0.15) is 27.7 Å². The summed E-state index contributed by atoms with van der Waals surface area (Å²) in [5.74, 6) is -2.36. The summed E-state index contributed by atoms with van der Waals surface area (Å²) in [6, 6.07) is 0. The van der Waals surface area contributed by atoms with E-state index < -0.39 is 58.2 Å². The Labute approximate surface area is 164 Å². The zero-order valence-electron chi connectivity index (χ0n) is 17.9. The van der Waals surface area contributed by atoms with Gasteiger partial charge in [0.2, 0.25) is 0 Å². The van der Waals surface area contributed by atoms with E-state index in [0.717, 1.165) is 0 Å². The number of carboxylic acids is 2. The number of carbonyl (C=O) groups is 2. The number of rotatable bonds is 10. The van der Waals surface area contributed by atoms with E-state index in [1.54, 1.807) is 0 Å². The van der Waals surface area contributed by atoms with Crippen LogP contribution in [0.25, 0.3) is 0 Å². The predicted molar refractivity (Wildman–Crippen MR) is 116 cm³/mol. The Morgan fingerprint density at radius 3 is 1.12 bits per heavy atom. The van der Waals surface area contributed by atoms with E-state index in [9.17, 15) is 19.8 Å². The molecule has 26 heavy (non-hydrogen) atoms. The van der Waals surface area contributed by atoms with Gasteiger partial charge in [-0.1, -0.05) is 40.8 Å². The molecule has 0 aromatic heterocycles. The normalized spacial score (nSPS) is 15.8. The van der Waals surface area contributed by atoms with Crippen LogP contribution in [0.15, 0.2) is 11.1 Å². The highest BCUT2D eigenvalue weighted by atomic mass is 28.4. The van der Waals surface area contributed by atoms with Crippen LogP contribution in [0.5, 0.6) is 0 Å². The lowest BCUT2D eigenvalue weighted by Gasteiger charge is -2.45. The van der Waals surface area contributed by atoms with Crippen molar-refractivity contribution in [1.29, 1.82) is 0 Å². The minimum Gasteiger partial charge on any atom is -0.478 e. The van der Waals surface area contributed by atoms with Gasteiger partial charge < -0.3 is 18.4 Å². The number of carboxylic acid groups (broad SMARTS) is 2. The van der Waals surface area contributed by atoms with Crippen molar-refractivity contribution in [1.82, 2.24) is 0 Å². The molecule has 0 aliphatic rings. The van der Waals surface area contributed by atoms with Crippen molar-refractivity contribution in [2.75, 3.05) is 0 Å². The molecule has 0 saturated heterocycles. The third kappa shape index (κ3) is 4.84. The van der Waals surface area contributed by atoms with Crippen LogP contribution < -0.4 is 0 Å². The molecule has 0 aliphatic carbocycles. The lowest BCUT2D eigenvalue weighted by Crippen LogP contribution is -2.50. The van der Waals surface area contributed by atoms with Crippen molar-refractivity contribution in [2.24, 2.45) is 0 Å². The fourth-order valence-corrected chi connectivity index (χ4v) is 13.4. The maximum Gasteiger partial charge on any atom is 0.332 e. The van der Waals surface area contributed by atoms with Gasteiger partial charge in [-0.2, -0.15) is 0 Å². The Bertz CT molecular complexity index is 531. The van der Waals surface area contributed by atoms with E-state index in [4.69, 9.17) is 8.23 Å². The van der Waals surface area contributed by atoms with Crippen LogP contribution in [0.3, 0.4) is 0 Å². The first-order valence-corrected chi connectivity index (χ1v) is 18.8. The lowest BCUT2D eigenvalue weighted by atomic mass is 9.89. The van der Waals surface area contributed by atoms with Crippen molar-refractivity contribution in [3.05, 3.63) is 11.1 Å². The van der Waals surface area contributed by atoms with Gasteiger partial charge in [-0.3, -0.25) is 0 Å². The van der Waals surface area contributed by atoms with Gasteiger partial charge in [0.15, 0.2) is 16.6 Å². The van der Waals surface area contributed by atoms with E-state index in [2.05, 4.69) is 0 Å². The largest absolute Gasteiger partial charge is 0.478 e. The van der Waals surface area contributed by atoms with Crippen molar-refractivity contribution < 1.29 is 28.0 Å². The summed E-state index contributed by atoms with van der Waals surface area (Å²) in [4.78, 5) is 24.6. The van der Waals surface area contributed by atoms with Crippen molar-refractivity contribution in [3.8, 4) is 0 Å². The molecule has 0 aliphatic heterocycles. The van der Waals surface area contributed by atoms with Crippen LogP contribution >= 0.6 is 0 Å². The molecule has 0 aromatic rings. The van der Waals surface area contributed by atoms with E-state index in [1.807, 2.05) is 67.0 Å². The summed E-state index contributed by atoms with van der Waals surface area (Å²) in [6.45, 7) is 19.2. The third-order valence-corrected chi connectivity index (χ3v) is 20.6. The van der Waals surface area contributed by atoms with Crippen molar-refractivity contribution >= 4 is 48.1 Å². The predicted octanol–water partition coefficient (Wildman–Crippen LogP) is 2.72. The van der Waals surface area contributed by atoms with Gasteiger partial charge in [0.1, 0.15) is 19.5 Å². The Morgan fingerprint density at radius 1 is 0.731 bits per heavy atom. The first-order chi connectivity index (χ1) is 11.5. The second-order valence-corrected chi connectivity index (χ2v) is 20.5. The monoisotopic (exact) mass is 436 g/mol. The summed E-state index contributed by atoms with van der Waals surface area (Å²) < 4.78 is 12.2. The highest BCUT2D eigenvalue weighted by molar-refractivity contribution is 6.80. The van der Waals surface area contributed by atoms with Gasteiger partial charge in [-0.15, -0.1) is 0 Å². The van der Waals surface area contributed by atoms with Gasteiger partial charge in [0, 0.05) is 10.1 Å². The van der Waals surface area contributed by atoms with Crippen LogP contribution in [0, 0.1) is 0 Å². The van der Waals surface area contributed by atoms with Gasteiger partial charge in [0.05, 0.1) is 11.1 Å². The van der Waals surface area contributed by atoms with Crippen LogP contribution in [-0.4, -0.2) is 58.3 Å². The Kier molecular flexibility index (Phi) is 8.47. The van der Waals surface area contributed by atoms with Crippen molar-refractivity contribution in [3.63, 3.8) is 0 Å². The standard InChI is InChI=1S/C16H36O6Si4/c1-15(2,25(7,8)21-23-5)11(13(17)18)12(14(19)20)16(3,4)26(9,10)22-24-6/h23-24H2,1-10H3,(H,17,18)(H,19,20)/b12-11+. The molecule has 0 fully saturated rings. The molecule has 0 radical (unpaired) electrons. The van der Waals surface area contributed by atoms with Gasteiger partial charge in [-0.05, 0) is 26.2 Å². The number of aliphatic carboxylic acids is 2. The molecular formula is C16H36O6Si4. The average molecular weight is 437 g/mol. The molecule has 0 unspecified atom stereocenters. The van der Waals surface area contributed by atoms with E-state index in [-0.39, 0.29) is 11.1 Å². The molecule has 0 aromatic carbocycles. The molecule has 0 spiro atoms. The summed E-state index contributed by atoms with van der Waals surface area (Å²) in [6.07, 6.45) is 0. The second-order valence-electron chi connectivity index (χ2n) is 8.50. The molecule has 0 atom stereocenters. The van der Waals surface area contributed by atoms with Crippen LogP contribution in [0.2, 0.25) is 49.4 Å². The van der Waals surface area contributed by atoms with Gasteiger partial charge >= 0.3 is 11.9 Å². The summed E-state index contributed by atoms with van der Waals surface area (Å²) in [5.41, 5.74) is -0.0628. The molecule has 0 heterocycles. The minimum absolute atomic E-state index is 0.0314. The maximum atomic E-state index is 12.3. The molecule has 10 heteroatoms. The molecule has 0 bridgehead atoms. The molecule has 2 N–H and O–H groups in total. The van der Waals surface area contributed by atoms with Crippen LogP contribution in [0.4, 0.5) is 0 Å². The zero-order chi connectivity index (χ0) is 21.1. The number of hydrogen-bond acceptors (Lipinski definition) is 4. The fourth-order valence-electron chi connectivity index (χ4n) is 3.06.